The van der Waals surface area contributed by atoms with E-state index < -0.39 is 5.44 Å². The van der Waals surface area contributed by atoms with Crippen LogP contribution in [-0.2, 0) is 4.74 Å². The Morgan fingerprint density at radius 3 is 2.54 bits per heavy atom. The predicted octanol–water partition coefficient (Wildman–Crippen LogP) is 5.55. The minimum absolute atomic E-state index is 0.300. The van der Waals surface area contributed by atoms with Gasteiger partial charge in [0.05, 0.1) is 5.56 Å². The molecule has 4 heteroatoms. The van der Waals surface area contributed by atoms with Gasteiger partial charge in [-0.3, -0.25) is 0 Å². The van der Waals surface area contributed by atoms with Crippen LogP contribution in [0.25, 0.3) is 21.7 Å². The molecule has 3 nitrogen and oxygen atoms in total. The van der Waals surface area contributed by atoms with Gasteiger partial charge in [0, 0.05) is 10.3 Å². The number of esters is 1. The first-order valence-electron chi connectivity index (χ1n) is 7.67. The molecule has 5 rings (SSSR count). The van der Waals surface area contributed by atoms with E-state index in [4.69, 9.17) is 9.15 Å². The minimum Gasteiger partial charge on any atom is -0.456 e. The van der Waals surface area contributed by atoms with Crippen LogP contribution in [0.3, 0.4) is 0 Å². The van der Waals surface area contributed by atoms with Crippen LogP contribution >= 0.6 is 11.8 Å². The zero-order valence-electron chi connectivity index (χ0n) is 12.6. The zero-order valence-corrected chi connectivity index (χ0v) is 13.4. The Morgan fingerprint density at radius 1 is 0.875 bits per heavy atom. The van der Waals surface area contributed by atoms with Crippen LogP contribution < -0.4 is 0 Å². The van der Waals surface area contributed by atoms with Crippen LogP contribution in [0.4, 0.5) is 0 Å². The number of rotatable bonds is 1. The number of carbonyl (C=O) groups excluding carboxylic acids is 1. The summed E-state index contributed by atoms with van der Waals surface area (Å²) in [6.07, 6.45) is 0. The van der Waals surface area contributed by atoms with Gasteiger partial charge in [-0.25, -0.2) is 4.79 Å². The monoisotopic (exact) mass is 332 g/mol. The number of hydrogen-bond acceptors (Lipinski definition) is 4. The smallest absolute Gasteiger partial charge is 0.341 e. The molecule has 0 fully saturated rings. The maximum Gasteiger partial charge on any atom is 0.341 e. The number of hydrogen-bond donors (Lipinski definition) is 0. The van der Waals surface area contributed by atoms with Gasteiger partial charge in [-0.05, 0) is 29.0 Å². The van der Waals surface area contributed by atoms with Gasteiger partial charge in [-0.1, -0.05) is 60.3 Å². The number of cyclic esters (lactones) is 1. The molecule has 1 atom stereocenters. The van der Waals surface area contributed by atoms with E-state index in [0.29, 0.717) is 11.3 Å². The molecule has 24 heavy (non-hydrogen) atoms. The summed E-state index contributed by atoms with van der Waals surface area (Å²) in [5, 5.41) is 2.97. The summed E-state index contributed by atoms with van der Waals surface area (Å²) in [6.45, 7) is 0. The van der Waals surface area contributed by atoms with Crippen molar-refractivity contribution in [3.8, 4) is 0 Å². The standard InChI is InChI=1S/C20H12O3S/c21-19-18-14-7-3-1-5-12(14)9-10-17(18)24-20(23-19)16-11-13-6-2-4-8-15(13)22-16/h1-11,20H. The molecule has 1 unspecified atom stereocenters. The number of carbonyl (C=O) groups is 1. The van der Waals surface area contributed by atoms with Crippen LogP contribution in [0.2, 0.25) is 0 Å². The van der Waals surface area contributed by atoms with E-state index >= 15 is 0 Å². The van der Waals surface area contributed by atoms with Crippen molar-refractivity contribution in [1.29, 1.82) is 0 Å². The largest absolute Gasteiger partial charge is 0.456 e. The molecule has 1 aliphatic rings. The molecule has 0 amide bonds. The highest BCUT2D eigenvalue weighted by atomic mass is 32.2. The van der Waals surface area contributed by atoms with Crippen LogP contribution in [0, 0.1) is 0 Å². The van der Waals surface area contributed by atoms with E-state index in [2.05, 4.69) is 0 Å². The van der Waals surface area contributed by atoms with Crippen LogP contribution in [0.1, 0.15) is 21.6 Å². The molecule has 0 aliphatic carbocycles. The first-order valence-corrected chi connectivity index (χ1v) is 8.55. The Morgan fingerprint density at radius 2 is 1.67 bits per heavy atom. The van der Waals surface area contributed by atoms with E-state index in [1.54, 1.807) is 0 Å². The van der Waals surface area contributed by atoms with Crippen molar-refractivity contribution in [2.24, 2.45) is 0 Å². The fourth-order valence-corrected chi connectivity index (χ4v) is 4.15. The normalized spacial score (nSPS) is 17.0. The van der Waals surface area contributed by atoms with Crippen molar-refractivity contribution < 1.29 is 13.9 Å². The first-order chi connectivity index (χ1) is 11.8. The molecular formula is C20H12O3S. The van der Waals surface area contributed by atoms with Gasteiger partial charge in [-0.15, -0.1) is 0 Å². The Balaban J connectivity index is 1.61. The Labute approximate surface area is 142 Å². The molecule has 0 saturated heterocycles. The summed E-state index contributed by atoms with van der Waals surface area (Å²) in [4.78, 5) is 13.5. The average Bonchev–Trinajstić information content (AvgIpc) is 3.05. The molecule has 0 N–H and O–H groups in total. The van der Waals surface area contributed by atoms with Gasteiger partial charge < -0.3 is 9.15 Å². The van der Waals surface area contributed by atoms with Gasteiger partial charge in [0.1, 0.15) is 5.58 Å². The minimum atomic E-state index is -0.460. The van der Waals surface area contributed by atoms with Gasteiger partial charge in [0.15, 0.2) is 5.76 Å². The predicted molar refractivity (Wildman–Crippen MR) is 94.2 cm³/mol. The zero-order chi connectivity index (χ0) is 16.1. The molecule has 2 heterocycles. The van der Waals surface area contributed by atoms with Crippen LogP contribution in [0.5, 0.6) is 0 Å². The lowest BCUT2D eigenvalue weighted by molar-refractivity contribution is 0.0414. The van der Waals surface area contributed by atoms with Crippen molar-refractivity contribution in [3.63, 3.8) is 0 Å². The highest BCUT2D eigenvalue weighted by Crippen LogP contribution is 2.45. The number of thioether (sulfide) groups is 1. The highest BCUT2D eigenvalue weighted by molar-refractivity contribution is 7.99. The summed E-state index contributed by atoms with van der Waals surface area (Å²) in [6, 6.07) is 21.6. The Hall–Kier alpha value is -2.72. The lowest BCUT2D eigenvalue weighted by Crippen LogP contribution is -2.15. The Kier molecular flexibility index (Phi) is 2.94. The van der Waals surface area contributed by atoms with Crippen molar-refractivity contribution in [3.05, 3.63) is 78.1 Å². The first kappa shape index (κ1) is 13.7. The third kappa shape index (κ3) is 2.03. The second-order valence-corrected chi connectivity index (χ2v) is 6.81. The molecule has 0 spiro atoms. The quantitative estimate of drug-likeness (QED) is 0.429. The third-order valence-corrected chi connectivity index (χ3v) is 5.36. The molecule has 1 aromatic heterocycles. The second kappa shape index (κ2) is 5.14. The number of ether oxygens (including phenoxy) is 1. The average molecular weight is 332 g/mol. The van der Waals surface area contributed by atoms with Gasteiger partial charge in [0.2, 0.25) is 5.44 Å². The summed E-state index contributed by atoms with van der Waals surface area (Å²) < 4.78 is 11.5. The third-order valence-electron chi connectivity index (χ3n) is 4.22. The molecule has 4 aromatic rings. The Bertz CT molecular complexity index is 1060. The van der Waals surface area contributed by atoms with E-state index in [1.807, 2.05) is 66.7 Å². The van der Waals surface area contributed by atoms with E-state index in [1.165, 1.54) is 11.8 Å². The van der Waals surface area contributed by atoms with Crippen molar-refractivity contribution in [1.82, 2.24) is 0 Å². The van der Waals surface area contributed by atoms with Crippen LogP contribution in [0.15, 0.2) is 76.0 Å². The number of benzene rings is 3. The lowest BCUT2D eigenvalue weighted by atomic mass is 10.0. The molecule has 3 aromatic carbocycles. The maximum absolute atomic E-state index is 12.6. The fourth-order valence-electron chi connectivity index (χ4n) is 3.09. The summed E-state index contributed by atoms with van der Waals surface area (Å²) in [5.41, 5.74) is 0.984. The summed E-state index contributed by atoms with van der Waals surface area (Å²) in [7, 11) is 0. The summed E-state index contributed by atoms with van der Waals surface area (Å²) >= 11 is 1.51. The summed E-state index contributed by atoms with van der Waals surface area (Å²) in [5.74, 6) is 0.361. The topological polar surface area (TPSA) is 39.4 Å². The maximum atomic E-state index is 12.6. The van der Waals surface area contributed by atoms with Gasteiger partial charge in [-0.2, -0.15) is 0 Å². The van der Waals surface area contributed by atoms with E-state index in [-0.39, 0.29) is 5.97 Å². The lowest BCUT2D eigenvalue weighted by Gasteiger charge is -2.23. The molecule has 116 valence electrons. The van der Waals surface area contributed by atoms with Crippen molar-refractivity contribution in [2.45, 2.75) is 10.3 Å². The second-order valence-electron chi connectivity index (χ2n) is 5.70. The molecule has 0 bridgehead atoms. The van der Waals surface area contributed by atoms with E-state index in [0.717, 1.165) is 26.6 Å². The van der Waals surface area contributed by atoms with Gasteiger partial charge >= 0.3 is 5.97 Å². The van der Waals surface area contributed by atoms with Crippen LogP contribution in [-0.4, -0.2) is 5.97 Å². The molecule has 0 radical (unpaired) electrons. The highest BCUT2D eigenvalue weighted by Gasteiger charge is 2.31. The number of para-hydroxylation sites is 1. The van der Waals surface area contributed by atoms with Crippen molar-refractivity contribution in [2.75, 3.05) is 0 Å². The number of fused-ring (bicyclic) bond motifs is 4. The molecule has 0 saturated carbocycles. The van der Waals surface area contributed by atoms with Crippen molar-refractivity contribution >= 4 is 39.5 Å². The SMILES string of the molecule is O=C1OC(c2cc3ccccc3o2)Sc2ccc3ccccc3c21. The number of furan rings is 1. The fraction of sp³-hybridized carbons (Fsp3) is 0.0500. The van der Waals surface area contributed by atoms with Gasteiger partial charge in [0.25, 0.3) is 0 Å². The molecular weight excluding hydrogens is 320 g/mol. The molecule has 1 aliphatic heterocycles. The van der Waals surface area contributed by atoms with E-state index in [9.17, 15) is 4.79 Å².